The van der Waals surface area contributed by atoms with Gasteiger partial charge in [0, 0.05) is 50.5 Å². The Kier molecular flexibility index (Phi) is 6.34. The summed E-state index contributed by atoms with van der Waals surface area (Å²) in [4.78, 5) is 17.4. The first-order valence-corrected chi connectivity index (χ1v) is 12.5. The number of piperidine rings is 1. The minimum absolute atomic E-state index is 0.0415. The van der Waals surface area contributed by atoms with Crippen LogP contribution in [-0.4, -0.2) is 62.8 Å². The van der Waals surface area contributed by atoms with Gasteiger partial charge in [-0.15, -0.1) is 0 Å². The summed E-state index contributed by atoms with van der Waals surface area (Å²) in [6, 6.07) is 14.7. The fraction of sp³-hybridized carbons (Fsp3) is 0.458. The molecule has 6 nitrogen and oxygen atoms in total. The molecule has 0 saturated carbocycles. The number of hydrogen-bond donors (Lipinski definition) is 0. The monoisotopic (exact) mass is 441 g/mol. The van der Waals surface area contributed by atoms with E-state index in [0.717, 1.165) is 25.9 Å². The van der Waals surface area contributed by atoms with Crippen molar-refractivity contribution in [3.63, 3.8) is 0 Å². The summed E-state index contributed by atoms with van der Waals surface area (Å²) < 4.78 is 27.4. The van der Waals surface area contributed by atoms with E-state index in [1.807, 2.05) is 17.0 Å². The number of amides is 1. The quantitative estimate of drug-likeness (QED) is 0.730. The van der Waals surface area contributed by atoms with E-state index < -0.39 is 10.0 Å². The summed E-state index contributed by atoms with van der Waals surface area (Å²) in [7, 11) is -3.49. The van der Waals surface area contributed by atoms with Gasteiger partial charge < -0.3 is 9.80 Å². The first kappa shape index (κ1) is 21.8. The molecule has 2 fully saturated rings. The number of para-hydroxylation sites is 1. The van der Waals surface area contributed by atoms with Crippen molar-refractivity contribution in [2.75, 3.05) is 44.2 Å². The number of nitrogens with zero attached hydrogens (tertiary/aromatic N) is 3. The van der Waals surface area contributed by atoms with E-state index in [4.69, 9.17) is 0 Å². The third kappa shape index (κ3) is 4.62. The van der Waals surface area contributed by atoms with Crippen molar-refractivity contribution in [2.24, 2.45) is 5.92 Å². The van der Waals surface area contributed by atoms with Gasteiger partial charge in [0.15, 0.2) is 0 Å². The highest BCUT2D eigenvalue weighted by Gasteiger charge is 2.29. The van der Waals surface area contributed by atoms with Gasteiger partial charge in [0.05, 0.1) is 4.90 Å². The van der Waals surface area contributed by atoms with Gasteiger partial charge in [0.2, 0.25) is 10.0 Å². The second kappa shape index (κ2) is 9.01. The van der Waals surface area contributed by atoms with Gasteiger partial charge in [0.25, 0.3) is 5.91 Å². The molecular weight excluding hydrogens is 410 g/mol. The Balaban J connectivity index is 1.39. The van der Waals surface area contributed by atoms with Gasteiger partial charge in [-0.2, -0.15) is 4.31 Å². The summed E-state index contributed by atoms with van der Waals surface area (Å²) in [6.07, 6.45) is 1.79. The molecule has 0 aromatic heterocycles. The first-order valence-electron chi connectivity index (χ1n) is 11.1. The van der Waals surface area contributed by atoms with Crippen LogP contribution in [0.25, 0.3) is 0 Å². The molecule has 2 aromatic carbocycles. The molecule has 1 amide bonds. The number of carbonyl (C=O) groups excluding carboxylic acids is 1. The fourth-order valence-corrected chi connectivity index (χ4v) is 5.86. The van der Waals surface area contributed by atoms with E-state index in [9.17, 15) is 13.2 Å². The Labute approximate surface area is 185 Å². The van der Waals surface area contributed by atoms with E-state index in [-0.39, 0.29) is 10.8 Å². The molecule has 0 aliphatic carbocycles. The second-order valence-electron chi connectivity index (χ2n) is 8.68. The highest BCUT2D eigenvalue weighted by molar-refractivity contribution is 7.89. The van der Waals surface area contributed by atoms with Crippen LogP contribution in [-0.2, 0) is 10.0 Å². The first-order chi connectivity index (χ1) is 14.9. The molecule has 2 aliphatic rings. The van der Waals surface area contributed by atoms with E-state index >= 15 is 0 Å². The van der Waals surface area contributed by atoms with Gasteiger partial charge in [-0.25, -0.2) is 8.42 Å². The van der Waals surface area contributed by atoms with E-state index in [2.05, 4.69) is 30.9 Å². The molecule has 7 heteroatoms. The summed E-state index contributed by atoms with van der Waals surface area (Å²) in [5.74, 6) is 0.526. The van der Waals surface area contributed by atoms with Crippen molar-refractivity contribution in [1.29, 1.82) is 0 Å². The van der Waals surface area contributed by atoms with Crippen LogP contribution in [0.4, 0.5) is 5.69 Å². The van der Waals surface area contributed by atoms with Gasteiger partial charge in [-0.3, -0.25) is 4.79 Å². The average molecular weight is 442 g/mol. The van der Waals surface area contributed by atoms with Crippen LogP contribution >= 0.6 is 0 Å². The van der Waals surface area contributed by atoms with Crippen molar-refractivity contribution >= 4 is 21.6 Å². The molecule has 31 heavy (non-hydrogen) atoms. The highest BCUT2D eigenvalue weighted by atomic mass is 32.2. The Hall–Kier alpha value is -2.38. The summed E-state index contributed by atoms with van der Waals surface area (Å²) in [5, 5.41) is 0. The fourth-order valence-electron chi connectivity index (χ4n) is 4.40. The van der Waals surface area contributed by atoms with Crippen molar-refractivity contribution in [2.45, 2.75) is 31.6 Å². The molecule has 2 saturated heterocycles. The maximum absolute atomic E-state index is 13.0. The number of rotatable bonds is 4. The highest BCUT2D eigenvalue weighted by Crippen LogP contribution is 2.25. The van der Waals surface area contributed by atoms with E-state index in [0.29, 0.717) is 37.7 Å². The van der Waals surface area contributed by atoms with E-state index in [1.165, 1.54) is 11.3 Å². The van der Waals surface area contributed by atoms with Gasteiger partial charge in [-0.1, -0.05) is 25.1 Å². The zero-order valence-electron chi connectivity index (χ0n) is 18.3. The molecule has 0 unspecified atom stereocenters. The van der Waals surface area contributed by atoms with Crippen molar-refractivity contribution in [3.8, 4) is 0 Å². The van der Waals surface area contributed by atoms with Crippen LogP contribution in [0.1, 0.15) is 35.7 Å². The Bertz CT molecular complexity index is 1020. The topological polar surface area (TPSA) is 60.9 Å². The normalized spacial score (nSPS) is 18.9. The number of benzene rings is 2. The third-order valence-electron chi connectivity index (χ3n) is 6.50. The number of sulfonamides is 1. The lowest BCUT2D eigenvalue weighted by Gasteiger charge is -2.36. The number of carbonyl (C=O) groups is 1. The molecule has 2 aromatic rings. The third-order valence-corrected chi connectivity index (χ3v) is 8.42. The van der Waals surface area contributed by atoms with Gasteiger partial charge >= 0.3 is 0 Å². The molecule has 166 valence electrons. The molecule has 0 N–H and O–H groups in total. The van der Waals surface area contributed by atoms with Gasteiger partial charge in [-0.05, 0) is 61.6 Å². The summed E-state index contributed by atoms with van der Waals surface area (Å²) in [6.45, 7) is 8.27. The molecule has 4 rings (SSSR count). The number of anilines is 1. The zero-order valence-corrected chi connectivity index (χ0v) is 19.1. The second-order valence-corrected chi connectivity index (χ2v) is 10.6. The van der Waals surface area contributed by atoms with E-state index in [1.54, 1.807) is 28.6 Å². The maximum Gasteiger partial charge on any atom is 0.253 e. The minimum Gasteiger partial charge on any atom is -0.368 e. The Morgan fingerprint density at radius 3 is 2.10 bits per heavy atom. The smallest absolute Gasteiger partial charge is 0.253 e. The number of aryl methyl sites for hydroxylation is 1. The van der Waals surface area contributed by atoms with Crippen molar-refractivity contribution in [1.82, 2.24) is 9.21 Å². The molecule has 2 aliphatic heterocycles. The molecule has 0 atom stereocenters. The van der Waals surface area contributed by atoms with Crippen LogP contribution in [0.15, 0.2) is 53.4 Å². The maximum atomic E-state index is 13.0. The van der Waals surface area contributed by atoms with Crippen molar-refractivity contribution in [3.05, 3.63) is 59.7 Å². The number of hydrogen-bond acceptors (Lipinski definition) is 4. The van der Waals surface area contributed by atoms with Crippen LogP contribution in [0.2, 0.25) is 0 Å². The largest absolute Gasteiger partial charge is 0.368 e. The van der Waals surface area contributed by atoms with Gasteiger partial charge in [0.1, 0.15) is 0 Å². The lowest BCUT2D eigenvalue weighted by Crippen LogP contribution is -2.49. The molecule has 0 bridgehead atoms. The van der Waals surface area contributed by atoms with Crippen LogP contribution in [0.3, 0.4) is 0 Å². The summed E-state index contributed by atoms with van der Waals surface area (Å²) >= 11 is 0. The van der Waals surface area contributed by atoms with Crippen LogP contribution < -0.4 is 4.90 Å². The molecular formula is C24H31N3O3S. The SMILES string of the molecule is Cc1ccccc1N1CCN(C(=O)c2ccc(S(=O)(=O)N3CCC(C)CC3)cc2)CC1. The predicted molar refractivity (Wildman–Crippen MR) is 123 cm³/mol. The number of piperazine rings is 1. The van der Waals surface area contributed by atoms with Crippen LogP contribution in [0, 0.1) is 12.8 Å². The summed E-state index contributed by atoms with van der Waals surface area (Å²) in [5.41, 5.74) is 2.99. The standard InChI is InChI=1S/C24H31N3O3S/c1-19-11-13-27(14-12-19)31(29,30)22-9-7-21(8-10-22)24(28)26-17-15-25(16-18-26)23-6-4-3-5-20(23)2/h3-10,19H,11-18H2,1-2H3. The minimum atomic E-state index is -3.49. The van der Waals surface area contributed by atoms with Crippen molar-refractivity contribution < 1.29 is 13.2 Å². The molecule has 0 spiro atoms. The molecule has 0 radical (unpaired) electrons. The van der Waals surface area contributed by atoms with Crippen LogP contribution in [0.5, 0.6) is 0 Å². The molecule has 2 heterocycles. The lowest BCUT2D eigenvalue weighted by molar-refractivity contribution is 0.0746. The lowest BCUT2D eigenvalue weighted by atomic mass is 10.0. The zero-order chi connectivity index (χ0) is 22.0. The average Bonchev–Trinajstić information content (AvgIpc) is 2.79. The predicted octanol–water partition coefficient (Wildman–Crippen LogP) is 3.38. The Morgan fingerprint density at radius 2 is 1.48 bits per heavy atom. The Morgan fingerprint density at radius 1 is 0.871 bits per heavy atom.